The van der Waals surface area contributed by atoms with E-state index in [2.05, 4.69) is 4.90 Å². The molecule has 1 fully saturated rings. The number of para-hydroxylation sites is 2. The average molecular weight is 411 g/mol. The molecule has 0 spiro atoms. The van der Waals surface area contributed by atoms with E-state index in [0.29, 0.717) is 51.4 Å². The Morgan fingerprint density at radius 3 is 2.17 bits per heavy atom. The van der Waals surface area contributed by atoms with Crippen molar-refractivity contribution < 1.29 is 9.59 Å². The lowest BCUT2D eigenvalue weighted by atomic mass is 9.95. The number of rotatable bonds is 3. The summed E-state index contributed by atoms with van der Waals surface area (Å²) >= 11 is 0. The number of likely N-dealkylation sites (tertiary alicyclic amines) is 1. The third kappa shape index (κ3) is 3.66. The first-order valence-corrected chi connectivity index (χ1v) is 10.9. The van der Waals surface area contributed by atoms with E-state index < -0.39 is 0 Å². The zero-order chi connectivity index (χ0) is 21.3. The van der Waals surface area contributed by atoms with Gasteiger partial charge in [0.2, 0.25) is 5.91 Å². The van der Waals surface area contributed by atoms with Crippen molar-refractivity contribution in [2.45, 2.75) is 26.7 Å². The minimum Gasteiger partial charge on any atom is -0.355 e. The van der Waals surface area contributed by atoms with Crippen LogP contribution in [0.4, 0.5) is 16.4 Å². The molecule has 0 radical (unpaired) electrons. The molecule has 0 aliphatic carbocycles. The Morgan fingerprint density at radius 1 is 0.967 bits per heavy atom. The summed E-state index contributed by atoms with van der Waals surface area (Å²) in [6.07, 6.45) is 1.38. The van der Waals surface area contributed by atoms with Gasteiger partial charge in [0.05, 0.1) is 11.0 Å². The lowest BCUT2D eigenvalue weighted by Crippen LogP contribution is -2.51. The molecular formula is C22H30N6O2. The molecule has 160 valence electrons. The Hall–Kier alpha value is -2.90. The average Bonchev–Trinajstić information content (AvgIpc) is 2.79. The van der Waals surface area contributed by atoms with Crippen LogP contribution in [-0.4, -0.2) is 78.0 Å². The zero-order valence-corrected chi connectivity index (χ0v) is 18.0. The molecule has 1 aromatic carbocycles. The highest BCUT2D eigenvalue weighted by Crippen LogP contribution is 2.33. The number of anilines is 2. The summed E-state index contributed by atoms with van der Waals surface area (Å²) in [6, 6.07) is 7.83. The van der Waals surface area contributed by atoms with Gasteiger partial charge in [0.25, 0.3) is 0 Å². The fraction of sp³-hybridized carbons (Fsp3) is 0.545. The van der Waals surface area contributed by atoms with Gasteiger partial charge in [0.15, 0.2) is 11.6 Å². The number of carbonyl (C=O) groups is 2. The molecular weight excluding hydrogens is 380 g/mol. The van der Waals surface area contributed by atoms with Crippen LogP contribution in [0.25, 0.3) is 11.0 Å². The minimum atomic E-state index is -0.0877. The van der Waals surface area contributed by atoms with E-state index in [4.69, 9.17) is 9.97 Å². The zero-order valence-electron chi connectivity index (χ0n) is 18.0. The molecule has 0 bridgehead atoms. The highest BCUT2D eigenvalue weighted by Gasteiger charge is 2.35. The molecule has 8 heteroatoms. The van der Waals surface area contributed by atoms with Gasteiger partial charge in [-0.2, -0.15) is 0 Å². The van der Waals surface area contributed by atoms with Crippen molar-refractivity contribution in [2.75, 3.05) is 56.1 Å². The number of benzene rings is 1. The SMILES string of the molecule is CCN(CC)C(=O)N1CCC(C(=O)N2CCN(C)c3nc4ccccc4nc32)CC1. The molecule has 2 aliphatic heterocycles. The largest absolute Gasteiger partial charge is 0.355 e. The standard InChI is InChI=1S/C22H30N6O2/c1-4-26(5-2)22(30)27-12-10-16(11-13-27)21(29)28-15-14-25(3)19-20(28)24-18-9-7-6-8-17(18)23-19/h6-9,16H,4-5,10-15H2,1-3H3. The Morgan fingerprint density at radius 2 is 1.57 bits per heavy atom. The second kappa shape index (κ2) is 8.45. The van der Waals surface area contributed by atoms with Gasteiger partial charge in [-0.05, 0) is 38.8 Å². The number of likely N-dealkylation sites (N-methyl/N-ethyl adjacent to an activating group) is 1. The molecule has 1 saturated heterocycles. The molecule has 4 rings (SSSR count). The first-order chi connectivity index (χ1) is 14.5. The Bertz CT molecular complexity index is 936. The van der Waals surface area contributed by atoms with Crippen molar-refractivity contribution in [2.24, 2.45) is 5.92 Å². The maximum absolute atomic E-state index is 13.4. The van der Waals surface area contributed by atoms with Crippen molar-refractivity contribution >= 4 is 34.6 Å². The minimum absolute atomic E-state index is 0.0770. The lowest BCUT2D eigenvalue weighted by Gasteiger charge is -2.38. The number of hydrogen-bond acceptors (Lipinski definition) is 5. The highest BCUT2D eigenvalue weighted by atomic mass is 16.2. The number of urea groups is 1. The van der Waals surface area contributed by atoms with Crippen LogP contribution in [0, 0.1) is 5.92 Å². The van der Waals surface area contributed by atoms with Crippen molar-refractivity contribution in [3.63, 3.8) is 0 Å². The van der Waals surface area contributed by atoms with Crippen molar-refractivity contribution in [1.29, 1.82) is 0 Å². The Labute approximate surface area is 177 Å². The smallest absolute Gasteiger partial charge is 0.319 e. The fourth-order valence-electron chi connectivity index (χ4n) is 4.33. The molecule has 1 aromatic heterocycles. The topological polar surface area (TPSA) is 72.9 Å². The summed E-state index contributed by atoms with van der Waals surface area (Å²) < 4.78 is 0. The van der Waals surface area contributed by atoms with Gasteiger partial charge in [-0.15, -0.1) is 0 Å². The van der Waals surface area contributed by atoms with Crippen LogP contribution in [0.3, 0.4) is 0 Å². The van der Waals surface area contributed by atoms with E-state index >= 15 is 0 Å². The van der Waals surface area contributed by atoms with Crippen LogP contribution in [0.1, 0.15) is 26.7 Å². The molecule has 8 nitrogen and oxygen atoms in total. The molecule has 2 aromatic rings. The van der Waals surface area contributed by atoms with E-state index in [1.54, 1.807) is 4.90 Å². The molecule has 30 heavy (non-hydrogen) atoms. The maximum atomic E-state index is 13.4. The van der Waals surface area contributed by atoms with Crippen molar-refractivity contribution in [1.82, 2.24) is 19.8 Å². The van der Waals surface area contributed by atoms with E-state index in [0.717, 1.165) is 23.4 Å². The number of carbonyl (C=O) groups excluding carboxylic acids is 2. The van der Waals surface area contributed by atoms with Gasteiger partial charge in [0.1, 0.15) is 0 Å². The number of nitrogens with zero attached hydrogens (tertiary/aromatic N) is 6. The number of fused-ring (bicyclic) bond motifs is 2. The summed E-state index contributed by atoms with van der Waals surface area (Å²) in [5.41, 5.74) is 1.63. The highest BCUT2D eigenvalue weighted by molar-refractivity contribution is 5.98. The summed E-state index contributed by atoms with van der Waals surface area (Å²) in [5, 5.41) is 0. The van der Waals surface area contributed by atoms with E-state index in [1.165, 1.54) is 0 Å². The molecule has 0 unspecified atom stereocenters. The summed E-state index contributed by atoms with van der Waals surface area (Å²) in [4.78, 5) is 43.1. The lowest BCUT2D eigenvalue weighted by molar-refractivity contribution is -0.123. The first-order valence-electron chi connectivity index (χ1n) is 10.9. The monoisotopic (exact) mass is 410 g/mol. The van der Waals surface area contributed by atoms with Crippen LogP contribution in [0.5, 0.6) is 0 Å². The molecule has 2 aliphatic rings. The normalized spacial score (nSPS) is 17.2. The predicted molar refractivity (Wildman–Crippen MR) is 118 cm³/mol. The van der Waals surface area contributed by atoms with Gasteiger partial charge in [-0.25, -0.2) is 14.8 Å². The van der Waals surface area contributed by atoms with Crippen LogP contribution in [-0.2, 0) is 4.79 Å². The van der Waals surface area contributed by atoms with Gasteiger partial charge >= 0.3 is 6.03 Å². The number of aromatic nitrogens is 2. The number of hydrogen-bond donors (Lipinski definition) is 0. The quantitative estimate of drug-likeness (QED) is 0.778. The summed E-state index contributed by atoms with van der Waals surface area (Å²) in [5.74, 6) is 1.41. The van der Waals surface area contributed by atoms with Gasteiger partial charge in [0, 0.05) is 52.2 Å². The molecule has 0 atom stereocenters. The van der Waals surface area contributed by atoms with Crippen molar-refractivity contribution in [3.8, 4) is 0 Å². The molecule has 0 saturated carbocycles. The Balaban J connectivity index is 1.51. The van der Waals surface area contributed by atoms with Crippen LogP contribution in [0.15, 0.2) is 24.3 Å². The predicted octanol–water partition coefficient (Wildman–Crippen LogP) is 2.59. The molecule has 0 N–H and O–H groups in total. The van der Waals surface area contributed by atoms with Gasteiger partial charge < -0.3 is 14.7 Å². The maximum Gasteiger partial charge on any atom is 0.319 e. The van der Waals surface area contributed by atoms with E-state index in [9.17, 15) is 9.59 Å². The first kappa shape index (κ1) is 20.4. The second-order valence-electron chi connectivity index (χ2n) is 7.99. The fourth-order valence-corrected chi connectivity index (χ4v) is 4.33. The van der Waals surface area contributed by atoms with Crippen LogP contribution >= 0.6 is 0 Å². The van der Waals surface area contributed by atoms with Crippen LogP contribution in [0.2, 0.25) is 0 Å². The molecule has 3 heterocycles. The molecule has 3 amide bonds. The van der Waals surface area contributed by atoms with E-state index in [1.807, 2.05) is 55.0 Å². The van der Waals surface area contributed by atoms with Gasteiger partial charge in [-0.1, -0.05) is 12.1 Å². The van der Waals surface area contributed by atoms with Gasteiger partial charge in [-0.3, -0.25) is 9.69 Å². The summed E-state index contributed by atoms with van der Waals surface area (Å²) in [6.45, 7) is 7.97. The number of piperidine rings is 1. The number of amides is 3. The van der Waals surface area contributed by atoms with Crippen LogP contribution < -0.4 is 9.80 Å². The third-order valence-electron chi connectivity index (χ3n) is 6.23. The Kier molecular flexibility index (Phi) is 5.74. The second-order valence-corrected chi connectivity index (χ2v) is 7.99. The van der Waals surface area contributed by atoms with Crippen molar-refractivity contribution in [3.05, 3.63) is 24.3 Å². The third-order valence-corrected chi connectivity index (χ3v) is 6.23. The van der Waals surface area contributed by atoms with E-state index in [-0.39, 0.29) is 17.9 Å². The summed E-state index contributed by atoms with van der Waals surface area (Å²) in [7, 11) is 1.99.